The zero-order chi connectivity index (χ0) is 15.4. The van der Waals surface area contributed by atoms with Crippen molar-refractivity contribution in [2.45, 2.75) is 0 Å². The van der Waals surface area contributed by atoms with E-state index < -0.39 is 5.97 Å². The minimum Gasteiger partial charge on any atom is -0.478 e. The van der Waals surface area contributed by atoms with Gasteiger partial charge in [0.2, 0.25) is 0 Å². The van der Waals surface area contributed by atoms with Gasteiger partial charge in [-0.1, -0.05) is 24.3 Å². The summed E-state index contributed by atoms with van der Waals surface area (Å²) in [6.07, 6.45) is 3.51. The van der Waals surface area contributed by atoms with Gasteiger partial charge in [0.15, 0.2) is 0 Å². The van der Waals surface area contributed by atoms with Crippen molar-refractivity contribution in [2.24, 2.45) is 0 Å². The predicted molar refractivity (Wildman–Crippen MR) is 86.4 cm³/mol. The van der Waals surface area contributed by atoms with Crippen LogP contribution in [0.5, 0.6) is 0 Å². The number of nitrogens with zero attached hydrogens (tertiary/aromatic N) is 1. The second-order valence-corrected chi connectivity index (χ2v) is 4.79. The maximum atomic E-state index is 11.2. The number of hydrogen-bond acceptors (Lipinski definition) is 3. The Morgan fingerprint density at radius 3 is 2.18 bits per heavy atom. The SMILES string of the molecule is O=C(O)c1ccccc1Nc1ccc(-c2ccncc2)cc1. The highest BCUT2D eigenvalue weighted by Gasteiger charge is 2.08. The van der Waals surface area contributed by atoms with Crippen molar-refractivity contribution >= 4 is 17.3 Å². The van der Waals surface area contributed by atoms with Crippen LogP contribution in [0.15, 0.2) is 73.1 Å². The summed E-state index contributed by atoms with van der Waals surface area (Å²) in [5, 5.41) is 12.3. The topological polar surface area (TPSA) is 62.2 Å². The fourth-order valence-corrected chi connectivity index (χ4v) is 2.22. The van der Waals surface area contributed by atoms with Gasteiger partial charge in [-0.15, -0.1) is 0 Å². The van der Waals surface area contributed by atoms with Crippen LogP contribution in [-0.4, -0.2) is 16.1 Å². The molecule has 0 unspecified atom stereocenters. The largest absolute Gasteiger partial charge is 0.478 e. The molecule has 22 heavy (non-hydrogen) atoms. The lowest BCUT2D eigenvalue weighted by molar-refractivity contribution is 0.0698. The molecule has 4 nitrogen and oxygen atoms in total. The Balaban J connectivity index is 1.84. The van der Waals surface area contributed by atoms with Gasteiger partial charge in [0.1, 0.15) is 0 Å². The first-order chi connectivity index (χ1) is 10.7. The summed E-state index contributed by atoms with van der Waals surface area (Å²) in [4.78, 5) is 15.2. The van der Waals surface area contributed by atoms with E-state index in [1.807, 2.05) is 36.4 Å². The Labute approximate surface area is 128 Å². The van der Waals surface area contributed by atoms with E-state index in [4.69, 9.17) is 0 Å². The summed E-state index contributed by atoms with van der Waals surface area (Å²) in [6.45, 7) is 0. The highest BCUT2D eigenvalue weighted by atomic mass is 16.4. The molecule has 0 atom stereocenters. The number of hydrogen-bond donors (Lipinski definition) is 2. The molecule has 0 radical (unpaired) electrons. The quantitative estimate of drug-likeness (QED) is 0.756. The number of anilines is 2. The van der Waals surface area contributed by atoms with Crippen molar-refractivity contribution in [2.75, 3.05) is 5.32 Å². The summed E-state index contributed by atoms with van der Waals surface area (Å²) in [5.74, 6) is -0.948. The van der Waals surface area contributed by atoms with Gasteiger partial charge in [0, 0.05) is 18.1 Å². The molecule has 0 aliphatic carbocycles. The Bertz CT molecular complexity index is 784. The zero-order valence-corrected chi connectivity index (χ0v) is 11.7. The van der Waals surface area contributed by atoms with Crippen molar-refractivity contribution in [1.29, 1.82) is 0 Å². The minimum absolute atomic E-state index is 0.251. The maximum Gasteiger partial charge on any atom is 0.337 e. The van der Waals surface area contributed by atoms with Crippen LogP contribution in [0.1, 0.15) is 10.4 Å². The summed E-state index contributed by atoms with van der Waals surface area (Å²) >= 11 is 0. The average molecular weight is 290 g/mol. The van der Waals surface area contributed by atoms with Gasteiger partial charge < -0.3 is 10.4 Å². The molecule has 0 saturated carbocycles. The molecular formula is C18H14N2O2. The van der Waals surface area contributed by atoms with Gasteiger partial charge in [-0.05, 0) is 47.5 Å². The van der Waals surface area contributed by atoms with Gasteiger partial charge in [0.25, 0.3) is 0 Å². The Kier molecular flexibility index (Phi) is 3.83. The van der Waals surface area contributed by atoms with Crippen LogP contribution < -0.4 is 5.32 Å². The van der Waals surface area contributed by atoms with Crippen molar-refractivity contribution < 1.29 is 9.90 Å². The second kappa shape index (κ2) is 6.10. The Morgan fingerprint density at radius 2 is 1.50 bits per heavy atom. The number of nitrogens with one attached hydrogen (secondary N) is 1. The summed E-state index contributed by atoms with van der Waals surface area (Å²) in [5.41, 5.74) is 3.84. The molecular weight excluding hydrogens is 276 g/mol. The molecule has 0 amide bonds. The summed E-state index contributed by atoms with van der Waals surface area (Å²) in [7, 11) is 0. The lowest BCUT2D eigenvalue weighted by Crippen LogP contribution is -2.02. The molecule has 0 aliphatic rings. The molecule has 0 bridgehead atoms. The minimum atomic E-state index is -0.948. The van der Waals surface area contributed by atoms with E-state index >= 15 is 0 Å². The van der Waals surface area contributed by atoms with E-state index in [1.165, 1.54) is 0 Å². The van der Waals surface area contributed by atoms with Crippen molar-refractivity contribution in [3.8, 4) is 11.1 Å². The highest BCUT2D eigenvalue weighted by molar-refractivity contribution is 5.95. The van der Waals surface area contributed by atoms with Crippen LogP contribution in [0.25, 0.3) is 11.1 Å². The molecule has 4 heteroatoms. The fraction of sp³-hybridized carbons (Fsp3) is 0. The number of carboxylic acids is 1. The summed E-state index contributed by atoms with van der Waals surface area (Å²) < 4.78 is 0. The number of rotatable bonds is 4. The predicted octanol–water partition coefficient (Wildman–Crippen LogP) is 4.19. The third-order valence-corrected chi connectivity index (χ3v) is 3.34. The number of carbonyl (C=O) groups is 1. The smallest absolute Gasteiger partial charge is 0.337 e. The molecule has 1 aromatic heterocycles. The molecule has 0 fully saturated rings. The molecule has 0 spiro atoms. The molecule has 1 heterocycles. The van der Waals surface area contributed by atoms with E-state index in [0.717, 1.165) is 16.8 Å². The van der Waals surface area contributed by atoms with Crippen LogP contribution in [-0.2, 0) is 0 Å². The van der Waals surface area contributed by atoms with E-state index in [2.05, 4.69) is 10.3 Å². The van der Waals surface area contributed by atoms with Crippen molar-refractivity contribution in [3.63, 3.8) is 0 Å². The molecule has 0 saturated heterocycles. The van der Waals surface area contributed by atoms with Gasteiger partial charge in [0.05, 0.1) is 11.3 Å². The first kappa shape index (κ1) is 13.8. The van der Waals surface area contributed by atoms with E-state index in [9.17, 15) is 9.90 Å². The highest BCUT2D eigenvalue weighted by Crippen LogP contribution is 2.24. The molecule has 2 N–H and O–H groups in total. The van der Waals surface area contributed by atoms with E-state index in [1.54, 1.807) is 36.7 Å². The van der Waals surface area contributed by atoms with Gasteiger partial charge in [-0.3, -0.25) is 4.98 Å². The van der Waals surface area contributed by atoms with Gasteiger partial charge in [-0.2, -0.15) is 0 Å². The average Bonchev–Trinajstić information content (AvgIpc) is 2.57. The monoisotopic (exact) mass is 290 g/mol. The second-order valence-electron chi connectivity index (χ2n) is 4.79. The molecule has 108 valence electrons. The third-order valence-electron chi connectivity index (χ3n) is 3.34. The van der Waals surface area contributed by atoms with E-state index in [-0.39, 0.29) is 5.56 Å². The molecule has 0 aliphatic heterocycles. The first-order valence-electron chi connectivity index (χ1n) is 6.84. The maximum absolute atomic E-state index is 11.2. The number of aromatic nitrogens is 1. The number of para-hydroxylation sites is 1. The van der Waals surface area contributed by atoms with Crippen LogP contribution in [0.2, 0.25) is 0 Å². The van der Waals surface area contributed by atoms with Crippen LogP contribution in [0.3, 0.4) is 0 Å². The van der Waals surface area contributed by atoms with Crippen LogP contribution >= 0.6 is 0 Å². The van der Waals surface area contributed by atoms with Crippen LogP contribution in [0.4, 0.5) is 11.4 Å². The van der Waals surface area contributed by atoms with Crippen LogP contribution in [0, 0.1) is 0 Å². The molecule has 3 aromatic rings. The normalized spacial score (nSPS) is 10.2. The Hall–Kier alpha value is -3.14. The summed E-state index contributed by atoms with van der Waals surface area (Å²) in [6, 6.07) is 18.6. The van der Waals surface area contributed by atoms with Crippen molar-refractivity contribution in [1.82, 2.24) is 4.98 Å². The standard InChI is InChI=1S/C18H14N2O2/c21-18(22)16-3-1-2-4-17(16)20-15-7-5-13(6-8-15)14-9-11-19-12-10-14/h1-12,20H,(H,21,22). The number of benzene rings is 2. The lowest BCUT2D eigenvalue weighted by Gasteiger charge is -2.10. The Morgan fingerprint density at radius 1 is 0.864 bits per heavy atom. The van der Waals surface area contributed by atoms with Gasteiger partial charge in [-0.25, -0.2) is 4.79 Å². The first-order valence-corrected chi connectivity index (χ1v) is 6.84. The number of carboxylic acid groups (broad SMARTS) is 1. The lowest BCUT2D eigenvalue weighted by atomic mass is 10.1. The number of pyridine rings is 1. The van der Waals surface area contributed by atoms with Gasteiger partial charge >= 0.3 is 5.97 Å². The molecule has 3 rings (SSSR count). The zero-order valence-electron chi connectivity index (χ0n) is 11.7. The fourth-order valence-electron chi connectivity index (χ4n) is 2.22. The van der Waals surface area contributed by atoms with Crippen molar-refractivity contribution in [3.05, 3.63) is 78.6 Å². The third kappa shape index (κ3) is 2.96. The van der Waals surface area contributed by atoms with E-state index in [0.29, 0.717) is 5.69 Å². The number of aromatic carboxylic acids is 1. The molecule has 2 aromatic carbocycles.